The van der Waals surface area contributed by atoms with Crippen LogP contribution in [0.25, 0.3) is 76.9 Å². The number of anilines is 3. The highest BCUT2D eigenvalue weighted by Crippen LogP contribution is 2.44. The summed E-state index contributed by atoms with van der Waals surface area (Å²) in [7, 11) is 0. The zero-order valence-electron chi connectivity index (χ0n) is 28.4. The monoisotopic (exact) mass is 663 g/mol. The van der Waals surface area contributed by atoms with Crippen LogP contribution < -0.4 is 4.90 Å². The molecule has 2 nitrogen and oxygen atoms in total. The van der Waals surface area contributed by atoms with Crippen molar-refractivity contribution in [2.75, 3.05) is 4.90 Å². The Labute approximate surface area is 302 Å². The fourth-order valence-electron chi connectivity index (χ4n) is 7.73. The molecule has 0 spiro atoms. The molecule has 10 aromatic rings. The minimum atomic E-state index is 0.860. The van der Waals surface area contributed by atoms with Gasteiger partial charge in [0.05, 0.1) is 5.69 Å². The zero-order chi connectivity index (χ0) is 34.4. The second-order valence-electron chi connectivity index (χ2n) is 13.3. The van der Waals surface area contributed by atoms with E-state index in [4.69, 9.17) is 4.42 Å². The van der Waals surface area contributed by atoms with Crippen molar-refractivity contribution in [2.45, 2.75) is 0 Å². The first-order valence-electron chi connectivity index (χ1n) is 17.8. The quantitative estimate of drug-likeness (QED) is 0.176. The summed E-state index contributed by atoms with van der Waals surface area (Å²) in [5.74, 6) is 0. The van der Waals surface area contributed by atoms with E-state index in [1.165, 1.54) is 54.9 Å². The summed E-state index contributed by atoms with van der Waals surface area (Å²) in [5, 5.41) is 7.18. The molecule has 0 amide bonds. The number of fused-ring (bicyclic) bond motifs is 5. The number of furan rings is 1. The molecule has 0 bridgehead atoms. The van der Waals surface area contributed by atoms with Crippen LogP contribution in [0.2, 0.25) is 0 Å². The van der Waals surface area contributed by atoms with Gasteiger partial charge in [0.2, 0.25) is 0 Å². The molecule has 10 rings (SSSR count). The van der Waals surface area contributed by atoms with E-state index in [-0.39, 0.29) is 0 Å². The van der Waals surface area contributed by atoms with E-state index in [2.05, 4.69) is 205 Å². The molecule has 0 saturated heterocycles. The van der Waals surface area contributed by atoms with Crippen molar-refractivity contribution in [3.63, 3.8) is 0 Å². The Hall–Kier alpha value is -6.90. The average Bonchev–Trinajstić information content (AvgIpc) is 3.60. The number of rotatable bonds is 6. The maximum atomic E-state index is 6.74. The molecule has 1 aromatic heterocycles. The fourth-order valence-corrected chi connectivity index (χ4v) is 7.73. The van der Waals surface area contributed by atoms with Gasteiger partial charge in [0.15, 0.2) is 5.58 Å². The molecule has 244 valence electrons. The van der Waals surface area contributed by atoms with E-state index >= 15 is 0 Å². The topological polar surface area (TPSA) is 16.4 Å². The van der Waals surface area contributed by atoms with Crippen LogP contribution in [-0.4, -0.2) is 0 Å². The first-order chi connectivity index (χ1) is 25.8. The molecule has 0 aliphatic carbocycles. The molecule has 0 aliphatic rings. The first-order valence-corrected chi connectivity index (χ1v) is 17.8. The second kappa shape index (κ2) is 12.5. The molecule has 0 radical (unpaired) electrons. The molecule has 2 heteroatoms. The van der Waals surface area contributed by atoms with Gasteiger partial charge in [-0.25, -0.2) is 0 Å². The van der Waals surface area contributed by atoms with Gasteiger partial charge in [0.25, 0.3) is 0 Å². The van der Waals surface area contributed by atoms with Crippen molar-refractivity contribution in [3.8, 4) is 33.4 Å². The van der Waals surface area contributed by atoms with E-state index in [1.54, 1.807) is 0 Å². The molecule has 52 heavy (non-hydrogen) atoms. The fraction of sp³-hybridized carbons (Fsp3) is 0. The Bertz CT molecular complexity index is 2750. The van der Waals surface area contributed by atoms with Crippen LogP contribution >= 0.6 is 0 Å². The summed E-state index contributed by atoms with van der Waals surface area (Å²) in [4.78, 5) is 2.32. The van der Waals surface area contributed by atoms with Crippen LogP contribution in [-0.2, 0) is 0 Å². The molecule has 0 N–H and O–H groups in total. The second-order valence-corrected chi connectivity index (χ2v) is 13.3. The molecular weight excluding hydrogens is 631 g/mol. The minimum absolute atomic E-state index is 0.860. The predicted molar refractivity (Wildman–Crippen MR) is 220 cm³/mol. The van der Waals surface area contributed by atoms with Crippen molar-refractivity contribution < 1.29 is 4.42 Å². The van der Waals surface area contributed by atoms with Crippen LogP contribution in [0.5, 0.6) is 0 Å². The Morgan fingerprint density at radius 1 is 0.327 bits per heavy atom. The van der Waals surface area contributed by atoms with Crippen molar-refractivity contribution in [2.24, 2.45) is 0 Å². The van der Waals surface area contributed by atoms with Gasteiger partial charge >= 0.3 is 0 Å². The van der Waals surface area contributed by atoms with Gasteiger partial charge in [-0.05, 0) is 97.4 Å². The number of para-hydroxylation sites is 1. The lowest BCUT2D eigenvalue weighted by Gasteiger charge is -2.26. The van der Waals surface area contributed by atoms with Crippen LogP contribution in [0.4, 0.5) is 17.1 Å². The summed E-state index contributed by atoms with van der Waals surface area (Å²) >= 11 is 0. The van der Waals surface area contributed by atoms with E-state index in [0.717, 1.165) is 39.0 Å². The lowest BCUT2D eigenvalue weighted by atomic mass is 9.97. The Morgan fingerprint density at radius 3 is 1.44 bits per heavy atom. The molecule has 1 heterocycles. The highest BCUT2D eigenvalue weighted by Gasteiger charge is 2.20. The van der Waals surface area contributed by atoms with Gasteiger partial charge in [0.1, 0.15) is 5.58 Å². The normalized spacial score (nSPS) is 11.5. The summed E-state index contributed by atoms with van der Waals surface area (Å²) in [6.07, 6.45) is 0. The maximum absolute atomic E-state index is 6.74. The highest BCUT2D eigenvalue weighted by molar-refractivity contribution is 6.11. The Morgan fingerprint density at radius 2 is 0.827 bits per heavy atom. The largest absolute Gasteiger partial charge is 0.454 e. The molecule has 0 fully saturated rings. The highest BCUT2D eigenvalue weighted by atomic mass is 16.3. The van der Waals surface area contributed by atoms with Gasteiger partial charge < -0.3 is 9.32 Å². The minimum Gasteiger partial charge on any atom is -0.454 e. The average molecular weight is 664 g/mol. The van der Waals surface area contributed by atoms with Crippen molar-refractivity contribution in [1.29, 1.82) is 0 Å². The third-order valence-corrected chi connectivity index (χ3v) is 10.3. The molecule has 0 unspecified atom stereocenters. The molecule has 0 aliphatic heterocycles. The van der Waals surface area contributed by atoms with E-state index < -0.39 is 0 Å². The molecule has 0 atom stereocenters. The third kappa shape index (κ3) is 5.12. The number of nitrogens with zero attached hydrogens (tertiary/aromatic N) is 1. The molecule has 9 aromatic carbocycles. The lowest BCUT2D eigenvalue weighted by Crippen LogP contribution is -2.10. The van der Waals surface area contributed by atoms with Gasteiger partial charge in [-0.2, -0.15) is 0 Å². The van der Waals surface area contributed by atoms with E-state index in [9.17, 15) is 0 Å². The van der Waals surface area contributed by atoms with Gasteiger partial charge in [0, 0.05) is 22.1 Å². The number of hydrogen-bond donors (Lipinski definition) is 0. The Balaban J connectivity index is 1.13. The van der Waals surface area contributed by atoms with Gasteiger partial charge in [-0.15, -0.1) is 0 Å². The first kappa shape index (κ1) is 30.0. The zero-order valence-corrected chi connectivity index (χ0v) is 28.4. The van der Waals surface area contributed by atoms with Crippen LogP contribution in [0.1, 0.15) is 0 Å². The molecular formula is C50H33NO. The summed E-state index contributed by atoms with van der Waals surface area (Å²) in [6.45, 7) is 0. The van der Waals surface area contributed by atoms with Gasteiger partial charge in [-0.3, -0.25) is 0 Å². The SMILES string of the molecule is c1ccc(-c2ccc3oc4c(N(c5ccc(-c6cccc7ccccc67)cc5)c5ccc(-c6cccc7ccccc67)cc5)cccc4c3c2)cc1. The summed E-state index contributed by atoms with van der Waals surface area (Å²) in [5.41, 5.74) is 12.0. The molecule has 0 saturated carbocycles. The summed E-state index contributed by atoms with van der Waals surface area (Å²) < 4.78 is 6.74. The maximum Gasteiger partial charge on any atom is 0.159 e. The standard InChI is InChI=1S/C50H33NO/c1-2-11-34(12-3-1)39-27-32-49-47(33-39)46-21-10-22-48(50(46)52-49)51(40-28-23-37(24-29-40)44-19-8-15-35-13-4-6-17-42(35)44)41-30-25-38(26-31-41)45-20-9-16-36-14-5-7-18-43(36)45/h1-33H. The van der Waals surface area contributed by atoms with Crippen LogP contribution in [0.3, 0.4) is 0 Å². The third-order valence-electron chi connectivity index (χ3n) is 10.3. The van der Waals surface area contributed by atoms with E-state index in [1.807, 2.05) is 0 Å². The van der Waals surface area contributed by atoms with Crippen molar-refractivity contribution >= 4 is 60.5 Å². The lowest BCUT2D eigenvalue weighted by molar-refractivity contribution is 0.669. The van der Waals surface area contributed by atoms with E-state index in [0.29, 0.717) is 0 Å². The van der Waals surface area contributed by atoms with Crippen LogP contribution in [0, 0.1) is 0 Å². The number of benzene rings is 9. The van der Waals surface area contributed by atoms with Crippen molar-refractivity contribution in [3.05, 3.63) is 200 Å². The van der Waals surface area contributed by atoms with Crippen molar-refractivity contribution in [1.82, 2.24) is 0 Å². The van der Waals surface area contributed by atoms with Gasteiger partial charge in [-0.1, -0.05) is 158 Å². The summed E-state index contributed by atoms with van der Waals surface area (Å²) in [6, 6.07) is 71.6. The van der Waals surface area contributed by atoms with Crippen LogP contribution in [0.15, 0.2) is 205 Å². The number of hydrogen-bond acceptors (Lipinski definition) is 2. The smallest absolute Gasteiger partial charge is 0.159 e. The predicted octanol–water partition coefficient (Wildman–Crippen LogP) is 14.4. The Kier molecular flexibility index (Phi) is 7.18.